The Bertz CT molecular complexity index is 515. The molecule has 0 unspecified atom stereocenters. The van der Waals surface area contributed by atoms with Crippen molar-refractivity contribution in [1.82, 2.24) is 15.3 Å². The van der Waals surface area contributed by atoms with Crippen molar-refractivity contribution in [3.05, 3.63) is 29.6 Å². The van der Waals surface area contributed by atoms with E-state index in [4.69, 9.17) is 4.98 Å². The van der Waals surface area contributed by atoms with E-state index in [2.05, 4.69) is 42.3 Å². The Hall–Kier alpha value is -1.35. The van der Waals surface area contributed by atoms with E-state index in [1.54, 1.807) is 0 Å². The highest BCUT2D eigenvalue weighted by Gasteiger charge is 2.27. The molecule has 0 amide bonds. The Morgan fingerprint density at radius 3 is 2.88 bits per heavy atom. The normalized spacial score (nSPS) is 25.4. The van der Waals surface area contributed by atoms with E-state index < -0.39 is 0 Å². The van der Waals surface area contributed by atoms with Crippen LogP contribution < -0.4 is 5.32 Å². The number of aromatic nitrogens is 2. The largest absolute Gasteiger partial charge is 0.342 e. The second-order valence-corrected chi connectivity index (χ2v) is 4.84. The smallest absolute Gasteiger partial charge is 0.111 e. The monoisotopic (exact) mass is 215 g/mol. The zero-order chi connectivity index (χ0) is 11.1. The Morgan fingerprint density at radius 1 is 1.31 bits per heavy atom. The maximum absolute atomic E-state index is 4.75. The average molecular weight is 215 g/mol. The summed E-state index contributed by atoms with van der Waals surface area (Å²) in [7, 11) is 0. The summed E-state index contributed by atoms with van der Waals surface area (Å²) in [5.41, 5.74) is 3.53. The molecule has 1 aromatic heterocycles. The lowest BCUT2D eigenvalue weighted by Gasteiger charge is -2.09. The van der Waals surface area contributed by atoms with Crippen LogP contribution in [-0.4, -0.2) is 23.1 Å². The first-order valence-electron chi connectivity index (χ1n) is 5.91. The van der Waals surface area contributed by atoms with Gasteiger partial charge in [0, 0.05) is 12.5 Å². The molecule has 2 atom stereocenters. The van der Waals surface area contributed by atoms with Crippen molar-refractivity contribution in [2.75, 3.05) is 13.1 Å². The van der Waals surface area contributed by atoms with Crippen LogP contribution in [0.25, 0.3) is 11.0 Å². The number of nitrogens with zero attached hydrogens (tertiary/aromatic N) is 1. The van der Waals surface area contributed by atoms with Gasteiger partial charge in [-0.05, 0) is 31.0 Å². The van der Waals surface area contributed by atoms with Crippen LogP contribution in [0.5, 0.6) is 0 Å². The fourth-order valence-electron chi connectivity index (χ4n) is 2.55. The quantitative estimate of drug-likeness (QED) is 0.765. The highest BCUT2D eigenvalue weighted by atomic mass is 15.0. The maximum Gasteiger partial charge on any atom is 0.111 e. The molecule has 1 aliphatic heterocycles. The first-order valence-corrected chi connectivity index (χ1v) is 5.91. The van der Waals surface area contributed by atoms with Gasteiger partial charge >= 0.3 is 0 Å². The lowest BCUT2D eigenvalue weighted by Crippen LogP contribution is -2.09. The summed E-state index contributed by atoms with van der Waals surface area (Å²) in [5.74, 6) is 2.34. The predicted octanol–water partition coefficient (Wildman–Crippen LogP) is 2.19. The van der Waals surface area contributed by atoms with Gasteiger partial charge < -0.3 is 10.3 Å². The number of aryl methyl sites for hydroxylation is 1. The number of nitrogens with one attached hydrogen (secondary N) is 2. The Balaban J connectivity index is 2.08. The minimum atomic E-state index is 0.534. The summed E-state index contributed by atoms with van der Waals surface area (Å²) in [4.78, 5) is 8.21. The van der Waals surface area contributed by atoms with E-state index in [0.717, 1.165) is 29.9 Å². The van der Waals surface area contributed by atoms with Crippen molar-refractivity contribution in [3.63, 3.8) is 0 Å². The Morgan fingerprint density at radius 2 is 2.19 bits per heavy atom. The number of rotatable bonds is 1. The van der Waals surface area contributed by atoms with E-state index in [9.17, 15) is 0 Å². The van der Waals surface area contributed by atoms with Crippen molar-refractivity contribution in [2.24, 2.45) is 5.92 Å². The number of hydrogen-bond acceptors (Lipinski definition) is 2. The summed E-state index contributed by atoms with van der Waals surface area (Å²) < 4.78 is 0. The summed E-state index contributed by atoms with van der Waals surface area (Å²) in [6.45, 7) is 6.54. The number of para-hydroxylation sites is 1. The molecule has 1 saturated heterocycles. The first-order chi connectivity index (χ1) is 7.75. The number of benzene rings is 1. The van der Waals surface area contributed by atoms with Crippen LogP contribution in [0.1, 0.15) is 24.2 Å². The molecule has 3 rings (SSSR count). The lowest BCUT2D eigenvalue weighted by atomic mass is 9.98. The molecule has 2 N–H and O–H groups in total. The van der Waals surface area contributed by atoms with Crippen molar-refractivity contribution in [2.45, 2.75) is 19.8 Å². The van der Waals surface area contributed by atoms with E-state index in [0.29, 0.717) is 11.8 Å². The molecular formula is C13H17N3. The van der Waals surface area contributed by atoms with E-state index in [1.807, 2.05) is 0 Å². The summed E-state index contributed by atoms with van der Waals surface area (Å²) in [6.07, 6.45) is 0. The molecule has 1 fully saturated rings. The average Bonchev–Trinajstić information content (AvgIpc) is 2.84. The summed E-state index contributed by atoms with van der Waals surface area (Å²) >= 11 is 0. The van der Waals surface area contributed by atoms with Gasteiger partial charge in [-0.1, -0.05) is 19.1 Å². The third-order valence-electron chi connectivity index (χ3n) is 3.60. The molecule has 0 spiro atoms. The van der Waals surface area contributed by atoms with E-state index >= 15 is 0 Å². The fraction of sp³-hybridized carbons (Fsp3) is 0.462. The number of hydrogen-bond donors (Lipinski definition) is 2. The van der Waals surface area contributed by atoms with Crippen LogP contribution in [0.15, 0.2) is 18.2 Å². The summed E-state index contributed by atoms with van der Waals surface area (Å²) in [6, 6.07) is 6.30. The Kier molecular flexibility index (Phi) is 2.21. The summed E-state index contributed by atoms with van der Waals surface area (Å²) in [5, 5.41) is 3.42. The van der Waals surface area contributed by atoms with Gasteiger partial charge in [-0.2, -0.15) is 0 Å². The third kappa shape index (κ3) is 1.43. The van der Waals surface area contributed by atoms with Gasteiger partial charge in [0.2, 0.25) is 0 Å². The zero-order valence-electron chi connectivity index (χ0n) is 9.75. The highest BCUT2D eigenvalue weighted by molar-refractivity contribution is 5.78. The van der Waals surface area contributed by atoms with Gasteiger partial charge in [-0.25, -0.2) is 4.98 Å². The van der Waals surface area contributed by atoms with Gasteiger partial charge in [-0.15, -0.1) is 0 Å². The fourth-order valence-corrected chi connectivity index (χ4v) is 2.55. The van der Waals surface area contributed by atoms with Crippen molar-refractivity contribution in [1.29, 1.82) is 0 Å². The van der Waals surface area contributed by atoms with Crippen LogP contribution >= 0.6 is 0 Å². The molecule has 1 aliphatic rings. The standard InChI is InChI=1S/C13H17N3/c1-8-4-3-5-11-12(8)16-13(15-11)10-7-14-6-9(10)2/h3-5,9-10,14H,6-7H2,1-2H3,(H,15,16)/t9-,10-/m1/s1. The van der Waals surface area contributed by atoms with E-state index in [1.165, 1.54) is 5.56 Å². The molecule has 1 aromatic carbocycles. The molecule has 2 aromatic rings. The highest BCUT2D eigenvalue weighted by Crippen LogP contribution is 2.27. The molecule has 2 heterocycles. The molecule has 3 heteroatoms. The van der Waals surface area contributed by atoms with Gasteiger partial charge in [0.05, 0.1) is 11.0 Å². The first kappa shape index (κ1) is 9.85. The van der Waals surface area contributed by atoms with Crippen LogP contribution in [0.2, 0.25) is 0 Å². The molecule has 16 heavy (non-hydrogen) atoms. The molecule has 0 saturated carbocycles. The molecule has 0 bridgehead atoms. The third-order valence-corrected chi connectivity index (χ3v) is 3.60. The molecule has 0 aliphatic carbocycles. The minimum absolute atomic E-state index is 0.534. The number of imidazole rings is 1. The SMILES string of the molecule is Cc1cccc2[nH]c([C@@H]3CNC[C@H]3C)nc12. The van der Waals surface area contributed by atoms with Gasteiger partial charge in [0.1, 0.15) is 5.82 Å². The topological polar surface area (TPSA) is 40.7 Å². The maximum atomic E-state index is 4.75. The number of H-pyrrole nitrogens is 1. The van der Waals surface area contributed by atoms with Gasteiger partial charge in [0.25, 0.3) is 0 Å². The second kappa shape index (κ2) is 3.59. The second-order valence-electron chi connectivity index (χ2n) is 4.84. The predicted molar refractivity (Wildman–Crippen MR) is 65.6 cm³/mol. The Labute approximate surface area is 95.3 Å². The molecule has 0 radical (unpaired) electrons. The van der Waals surface area contributed by atoms with Crippen LogP contribution in [0.4, 0.5) is 0 Å². The number of aromatic amines is 1. The molecule has 84 valence electrons. The van der Waals surface area contributed by atoms with Crippen molar-refractivity contribution in [3.8, 4) is 0 Å². The molecular weight excluding hydrogens is 198 g/mol. The van der Waals surface area contributed by atoms with E-state index in [-0.39, 0.29) is 0 Å². The van der Waals surface area contributed by atoms with Crippen LogP contribution in [0, 0.1) is 12.8 Å². The van der Waals surface area contributed by atoms with Gasteiger partial charge in [-0.3, -0.25) is 0 Å². The zero-order valence-corrected chi connectivity index (χ0v) is 9.75. The van der Waals surface area contributed by atoms with Crippen molar-refractivity contribution >= 4 is 11.0 Å². The van der Waals surface area contributed by atoms with Crippen LogP contribution in [-0.2, 0) is 0 Å². The number of fused-ring (bicyclic) bond motifs is 1. The van der Waals surface area contributed by atoms with Gasteiger partial charge in [0.15, 0.2) is 0 Å². The minimum Gasteiger partial charge on any atom is -0.342 e. The van der Waals surface area contributed by atoms with Crippen molar-refractivity contribution < 1.29 is 0 Å². The molecule has 3 nitrogen and oxygen atoms in total. The van der Waals surface area contributed by atoms with Crippen LogP contribution in [0.3, 0.4) is 0 Å². The lowest BCUT2D eigenvalue weighted by molar-refractivity contribution is 0.551.